The summed E-state index contributed by atoms with van der Waals surface area (Å²) in [6.45, 7) is 3.71. The minimum atomic E-state index is -1.07. The summed E-state index contributed by atoms with van der Waals surface area (Å²) < 4.78 is 31.1. The molecule has 1 N–H and O–H groups in total. The number of hydrogen-bond donors (Lipinski definition) is 1. The van der Waals surface area contributed by atoms with E-state index in [-0.39, 0.29) is 25.7 Å². The summed E-state index contributed by atoms with van der Waals surface area (Å²) in [6, 6.07) is 29.2. The lowest BCUT2D eigenvalue weighted by molar-refractivity contribution is -0.313. The van der Waals surface area contributed by atoms with E-state index in [1.807, 2.05) is 91.0 Å². The van der Waals surface area contributed by atoms with E-state index in [1.165, 1.54) is 13.8 Å². The van der Waals surface area contributed by atoms with Crippen molar-refractivity contribution in [2.75, 3.05) is 6.54 Å². The number of carbonyl (C=O) groups excluding carboxylic acids is 2. The van der Waals surface area contributed by atoms with E-state index in [4.69, 9.17) is 23.7 Å². The molecule has 0 unspecified atom stereocenters. The number of rotatable bonds is 12. The van der Waals surface area contributed by atoms with Crippen LogP contribution in [0.25, 0.3) is 0 Å². The molecule has 39 heavy (non-hydrogen) atoms. The van der Waals surface area contributed by atoms with Crippen molar-refractivity contribution >= 4 is 11.9 Å². The molecule has 0 bridgehead atoms. The van der Waals surface area contributed by atoms with Gasteiger partial charge >= 0.3 is 5.97 Å². The third-order valence-electron chi connectivity index (χ3n) is 6.28. The Kier molecular flexibility index (Phi) is 10.6. The molecule has 1 amide bonds. The van der Waals surface area contributed by atoms with Crippen LogP contribution in [0.4, 0.5) is 0 Å². The van der Waals surface area contributed by atoms with Gasteiger partial charge in [-0.2, -0.15) is 0 Å². The van der Waals surface area contributed by atoms with E-state index >= 15 is 0 Å². The van der Waals surface area contributed by atoms with Crippen molar-refractivity contribution < 1.29 is 33.3 Å². The van der Waals surface area contributed by atoms with Crippen molar-refractivity contribution in [3.05, 3.63) is 108 Å². The molecule has 0 spiro atoms. The molecule has 3 aromatic carbocycles. The van der Waals surface area contributed by atoms with Gasteiger partial charge in [-0.05, 0) is 16.7 Å². The Bertz CT molecular complexity index is 1160. The number of carbonyl (C=O) groups is 2. The van der Waals surface area contributed by atoms with E-state index in [2.05, 4.69) is 5.32 Å². The molecule has 8 nitrogen and oxygen atoms in total. The molecular formula is C31H35NO7. The van der Waals surface area contributed by atoms with Gasteiger partial charge in [-0.1, -0.05) is 91.0 Å². The number of esters is 1. The smallest absolute Gasteiger partial charge is 0.305 e. The fourth-order valence-electron chi connectivity index (χ4n) is 4.41. The fraction of sp³-hybridized carbons (Fsp3) is 0.355. The van der Waals surface area contributed by atoms with Crippen molar-refractivity contribution in [1.29, 1.82) is 0 Å². The van der Waals surface area contributed by atoms with E-state index in [0.29, 0.717) is 6.61 Å². The zero-order valence-corrected chi connectivity index (χ0v) is 22.2. The highest BCUT2D eigenvalue weighted by Crippen LogP contribution is 2.31. The summed E-state index contributed by atoms with van der Waals surface area (Å²) >= 11 is 0. The van der Waals surface area contributed by atoms with Crippen LogP contribution in [-0.4, -0.2) is 49.1 Å². The molecule has 1 saturated heterocycles. The molecule has 0 aliphatic carbocycles. The average Bonchev–Trinajstić information content (AvgIpc) is 2.95. The molecule has 0 saturated carbocycles. The number of nitrogens with one attached hydrogen (secondary N) is 1. The van der Waals surface area contributed by atoms with Crippen molar-refractivity contribution in [3.8, 4) is 0 Å². The van der Waals surface area contributed by atoms with Crippen LogP contribution in [0.2, 0.25) is 0 Å². The Labute approximate surface area is 229 Å². The molecule has 206 valence electrons. The van der Waals surface area contributed by atoms with Gasteiger partial charge in [0, 0.05) is 20.4 Å². The largest absolute Gasteiger partial charge is 0.433 e. The zero-order chi connectivity index (χ0) is 27.5. The Hall–Kier alpha value is -3.56. The highest BCUT2D eigenvalue weighted by Gasteiger charge is 2.50. The molecule has 1 aliphatic rings. The van der Waals surface area contributed by atoms with Crippen molar-refractivity contribution in [2.45, 2.75) is 64.4 Å². The predicted octanol–water partition coefficient (Wildman–Crippen LogP) is 4.17. The Morgan fingerprint density at radius 2 is 1.10 bits per heavy atom. The minimum absolute atomic E-state index is 0.142. The monoisotopic (exact) mass is 533 g/mol. The number of hydrogen-bond acceptors (Lipinski definition) is 7. The Morgan fingerprint density at radius 1 is 0.667 bits per heavy atom. The molecule has 0 radical (unpaired) electrons. The van der Waals surface area contributed by atoms with Crippen LogP contribution in [0.5, 0.6) is 0 Å². The van der Waals surface area contributed by atoms with Gasteiger partial charge in [-0.25, -0.2) is 0 Å². The third-order valence-corrected chi connectivity index (χ3v) is 6.28. The van der Waals surface area contributed by atoms with E-state index in [0.717, 1.165) is 16.7 Å². The Morgan fingerprint density at radius 3 is 1.54 bits per heavy atom. The maximum absolute atomic E-state index is 12.1. The standard InChI is InChI=1S/C31H35NO7/c1-22(33)32-18-27-28(35-19-24-12-6-3-7-13-24)29(36-20-25-14-8-4-9-15-25)30(31(39-27)38-23(2)34)37-21-26-16-10-5-11-17-26/h3-17,27-31H,18-21H2,1-2H3,(H,32,33)/t27-,28+,29-,30+,31-/m0/s1. The lowest BCUT2D eigenvalue weighted by atomic mass is 9.97. The summed E-state index contributed by atoms with van der Waals surface area (Å²) in [5.74, 6) is -0.731. The minimum Gasteiger partial charge on any atom is -0.433 e. The van der Waals surface area contributed by atoms with Crippen LogP contribution >= 0.6 is 0 Å². The molecule has 1 aliphatic heterocycles. The lowest BCUT2D eigenvalue weighted by Crippen LogP contribution is -2.63. The maximum atomic E-state index is 12.1. The first-order valence-corrected chi connectivity index (χ1v) is 13.0. The molecule has 5 atom stereocenters. The number of benzene rings is 3. The highest BCUT2D eigenvalue weighted by atomic mass is 16.7. The average molecular weight is 534 g/mol. The van der Waals surface area contributed by atoms with Crippen LogP contribution in [0.15, 0.2) is 91.0 Å². The predicted molar refractivity (Wildman–Crippen MR) is 144 cm³/mol. The SMILES string of the molecule is CC(=O)NC[C@@H]1O[C@H](OC(C)=O)[C@H](OCc2ccccc2)[C@@H](OCc2ccccc2)[C@@H]1OCc1ccccc1. The van der Waals surface area contributed by atoms with Crippen LogP contribution < -0.4 is 5.32 Å². The molecule has 3 aromatic rings. The van der Waals surface area contributed by atoms with E-state index < -0.39 is 36.7 Å². The first-order valence-electron chi connectivity index (χ1n) is 13.0. The van der Waals surface area contributed by atoms with Gasteiger partial charge in [-0.15, -0.1) is 0 Å². The van der Waals surface area contributed by atoms with Gasteiger partial charge in [-0.3, -0.25) is 9.59 Å². The topological polar surface area (TPSA) is 92.3 Å². The van der Waals surface area contributed by atoms with Crippen molar-refractivity contribution in [2.24, 2.45) is 0 Å². The third kappa shape index (κ3) is 8.73. The summed E-state index contributed by atoms with van der Waals surface area (Å²) in [4.78, 5) is 23.9. The van der Waals surface area contributed by atoms with Gasteiger partial charge in [0.05, 0.1) is 19.8 Å². The number of amides is 1. The fourth-order valence-corrected chi connectivity index (χ4v) is 4.41. The summed E-state index contributed by atoms with van der Waals surface area (Å²) in [6.07, 6.45) is -3.86. The summed E-state index contributed by atoms with van der Waals surface area (Å²) in [5, 5.41) is 2.80. The van der Waals surface area contributed by atoms with Crippen LogP contribution in [0.3, 0.4) is 0 Å². The quantitative estimate of drug-likeness (QED) is 0.350. The maximum Gasteiger partial charge on any atom is 0.305 e. The second kappa shape index (κ2) is 14.6. The Balaban J connectivity index is 1.64. The first kappa shape index (κ1) is 28.4. The molecular weight excluding hydrogens is 498 g/mol. The van der Waals surface area contributed by atoms with Crippen molar-refractivity contribution in [1.82, 2.24) is 5.32 Å². The summed E-state index contributed by atoms with van der Waals surface area (Å²) in [7, 11) is 0. The van der Waals surface area contributed by atoms with Crippen LogP contribution in [0, 0.1) is 0 Å². The molecule has 4 rings (SSSR count). The van der Waals surface area contributed by atoms with Gasteiger partial charge in [0.1, 0.15) is 24.4 Å². The first-order chi connectivity index (χ1) is 19.0. The summed E-state index contributed by atoms with van der Waals surface area (Å²) in [5.41, 5.74) is 2.89. The highest BCUT2D eigenvalue weighted by molar-refractivity contribution is 5.72. The molecule has 1 fully saturated rings. The zero-order valence-electron chi connectivity index (χ0n) is 22.2. The van der Waals surface area contributed by atoms with E-state index in [9.17, 15) is 9.59 Å². The second-order valence-electron chi connectivity index (χ2n) is 9.37. The number of ether oxygens (including phenoxy) is 5. The molecule has 1 heterocycles. The van der Waals surface area contributed by atoms with Crippen LogP contribution in [-0.2, 0) is 53.1 Å². The van der Waals surface area contributed by atoms with Gasteiger partial charge in [0.2, 0.25) is 12.2 Å². The lowest BCUT2D eigenvalue weighted by Gasteiger charge is -2.45. The molecule has 0 aromatic heterocycles. The molecule has 8 heteroatoms. The second-order valence-corrected chi connectivity index (χ2v) is 9.37. The van der Waals surface area contributed by atoms with Gasteiger partial charge in [0.25, 0.3) is 0 Å². The van der Waals surface area contributed by atoms with Gasteiger partial charge < -0.3 is 29.0 Å². The van der Waals surface area contributed by atoms with Gasteiger partial charge in [0.15, 0.2) is 0 Å². The van der Waals surface area contributed by atoms with E-state index in [1.54, 1.807) is 0 Å². The normalized spacial score (nSPS) is 22.7. The van der Waals surface area contributed by atoms with Crippen LogP contribution in [0.1, 0.15) is 30.5 Å². The van der Waals surface area contributed by atoms with Crippen molar-refractivity contribution in [3.63, 3.8) is 0 Å².